The molecule has 0 fully saturated rings. The van der Waals surface area contributed by atoms with E-state index in [4.69, 9.17) is 0 Å². The van der Waals surface area contributed by atoms with E-state index >= 15 is 0 Å². The summed E-state index contributed by atoms with van der Waals surface area (Å²) in [5.41, 5.74) is 2.45. The third-order valence-electron chi connectivity index (χ3n) is 2.35. The lowest BCUT2D eigenvalue weighted by atomic mass is 10.0. The van der Waals surface area contributed by atoms with Gasteiger partial charge in [-0.1, -0.05) is 42.5 Å². The molecule has 0 aliphatic carbocycles. The van der Waals surface area contributed by atoms with Crippen LogP contribution < -0.4 is 5.32 Å². The van der Waals surface area contributed by atoms with Crippen LogP contribution in [0, 0.1) is 5.82 Å². The summed E-state index contributed by atoms with van der Waals surface area (Å²) < 4.78 is 13.5. The Morgan fingerprint density at radius 1 is 0.933 bits per heavy atom. The first-order valence-corrected chi connectivity index (χ1v) is 4.84. The highest BCUT2D eigenvalue weighted by atomic mass is 19.1. The highest BCUT2D eigenvalue weighted by Gasteiger charge is 2.07. The van der Waals surface area contributed by atoms with Gasteiger partial charge in [0.05, 0.1) is 5.69 Å². The fourth-order valence-corrected chi connectivity index (χ4v) is 1.64. The van der Waals surface area contributed by atoms with Gasteiger partial charge in [-0.3, -0.25) is 0 Å². The number of halogens is 1. The van der Waals surface area contributed by atoms with E-state index in [0.717, 1.165) is 11.1 Å². The highest BCUT2D eigenvalue weighted by molar-refractivity contribution is 5.77. The van der Waals surface area contributed by atoms with E-state index in [0.29, 0.717) is 5.69 Å². The predicted octanol–water partition coefficient (Wildman–Crippen LogP) is 3.53. The van der Waals surface area contributed by atoms with Crippen LogP contribution >= 0.6 is 0 Å². The maximum absolute atomic E-state index is 13.5. The average molecular weight is 201 g/mol. The first-order valence-electron chi connectivity index (χ1n) is 4.84. The molecule has 1 N–H and O–H groups in total. The summed E-state index contributed by atoms with van der Waals surface area (Å²) in [5, 5.41) is 2.89. The van der Waals surface area contributed by atoms with Crippen LogP contribution in [0.2, 0.25) is 0 Å². The molecule has 2 aromatic carbocycles. The number of anilines is 1. The molecule has 1 nitrogen and oxygen atoms in total. The fourth-order valence-electron chi connectivity index (χ4n) is 1.64. The fraction of sp³-hybridized carbons (Fsp3) is 0.0769. The van der Waals surface area contributed by atoms with Crippen LogP contribution in [0.15, 0.2) is 48.5 Å². The summed E-state index contributed by atoms with van der Waals surface area (Å²) in [6.07, 6.45) is 0. The van der Waals surface area contributed by atoms with Crippen molar-refractivity contribution in [3.63, 3.8) is 0 Å². The standard InChI is InChI=1S/C13H12FN/c1-15-13-11(8-5-9-12(13)14)10-6-3-2-4-7-10/h2-9,15H,1H3. The van der Waals surface area contributed by atoms with Crippen molar-refractivity contribution in [3.05, 3.63) is 54.3 Å². The molecular formula is C13H12FN. The number of rotatable bonds is 2. The molecule has 15 heavy (non-hydrogen) atoms. The number of nitrogens with one attached hydrogen (secondary N) is 1. The Kier molecular flexibility index (Phi) is 2.68. The summed E-state index contributed by atoms with van der Waals surface area (Å²) >= 11 is 0. The Bertz CT molecular complexity index is 451. The molecule has 0 atom stereocenters. The summed E-state index contributed by atoms with van der Waals surface area (Å²) in [7, 11) is 1.73. The van der Waals surface area contributed by atoms with E-state index < -0.39 is 0 Å². The molecule has 0 unspecified atom stereocenters. The molecular weight excluding hydrogens is 189 g/mol. The van der Waals surface area contributed by atoms with Crippen LogP contribution in [0.1, 0.15) is 0 Å². The maximum atomic E-state index is 13.5. The first kappa shape index (κ1) is 9.71. The topological polar surface area (TPSA) is 12.0 Å². The second-order valence-corrected chi connectivity index (χ2v) is 3.28. The first-order chi connectivity index (χ1) is 7.33. The van der Waals surface area contributed by atoms with Gasteiger partial charge in [-0.05, 0) is 11.6 Å². The van der Waals surface area contributed by atoms with Gasteiger partial charge in [0.2, 0.25) is 0 Å². The molecule has 0 aromatic heterocycles. The Morgan fingerprint density at radius 3 is 2.33 bits per heavy atom. The Labute approximate surface area is 88.6 Å². The molecule has 0 heterocycles. The quantitative estimate of drug-likeness (QED) is 0.783. The van der Waals surface area contributed by atoms with Crippen molar-refractivity contribution < 1.29 is 4.39 Å². The SMILES string of the molecule is CNc1c(F)cccc1-c1ccccc1. The molecule has 2 aromatic rings. The summed E-state index contributed by atoms with van der Waals surface area (Å²) in [6.45, 7) is 0. The van der Waals surface area contributed by atoms with E-state index in [2.05, 4.69) is 5.32 Å². The molecule has 0 radical (unpaired) electrons. The lowest BCUT2D eigenvalue weighted by molar-refractivity contribution is 0.632. The van der Waals surface area contributed by atoms with Crippen LogP contribution in [0.3, 0.4) is 0 Å². The van der Waals surface area contributed by atoms with E-state index in [1.54, 1.807) is 13.1 Å². The molecule has 2 rings (SSSR count). The van der Waals surface area contributed by atoms with Gasteiger partial charge in [-0.15, -0.1) is 0 Å². The van der Waals surface area contributed by atoms with Crippen LogP contribution in [-0.2, 0) is 0 Å². The molecule has 0 aliphatic rings. The van der Waals surface area contributed by atoms with Crippen molar-refractivity contribution in [1.29, 1.82) is 0 Å². The summed E-state index contributed by atoms with van der Waals surface area (Å²) in [4.78, 5) is 0. The minimum Gasteiger partial charge on any atom is -0.385 e. The van der Waals surface area contributed by atoms with Gasteiger partial charge in [-0.2, -0.15) is 0 Å². The largest absolute Gasteiger partial charge is 0.385 e. The Morgan fingerprint density at radius 2 is 1.67 bits per heavy atom. The number of hydrogen-bond acceptors (Lipinski definition) is 1. The van der Waals surface area contributed by atoms with Crippen molar-refractivity contribution in [3.8, 4) is 11.1 Å². The van der Waals surface area contributed by atoms with Crippen molar-refractivity contribution in [2.24, 2.45) is 0 Å². The molecule has 2 heteroatoms. The van der Waals surface area contributed by atoms with Gasteiger partial charge in [-0.25, -0.2) is 4.39 Å². The molecule has 0 bridgehead atoms. The number of benzene rings is 2. The number of hydrogen-bond donors (Lipinski definition) is 1. The Hall–Kier alpha value is -1.83. The van der Waals surface area contributed by atoms with Crippen LogP contribution in [0.4, 0.5) is 10.1 Å². The van der Waals surface area contributed by atoms with Crippen molar-refractivity contribution in [2.45, 2.75) is 0 Å². The molecule has 76 valence electrons. The molecule has 0 aliphatic heterocycles. The van der Waals surface area contributed by atoms with Crippen molar-refractivity contribution in [2.75, 3.05) is 12.4 Å². The van der Waals surface area contributed by atoms with E-state index in [9.17, 15) is 4.39 Å². The maximum Gasteiger partial charge on any atom is 0.146 e. The van der Waals surface area contributed by atoms with E-state index in [-0.39, 0.29) is 5.82 Å². The smallest absolute Gasteiger partial charge is 0.146 e. The van der Waals surface area contributed by atoms with Gasteiger partial charge in [0.1, 0.15) is 5.82 Å². The zero-order chi connectivity index (χ0) is 10.7. The minimum atomic E-state index is -0.223. The van der Waals surface area contributed by atoms with Gasteiger partial charge in [0.25, 0.3) is 0 Å². The molecule has 0 saturated heterocycles. The lowest BCUT2D eigenvalue weighted by Crippen LogP contribution is -1.95. The van der Waals surface area contributed by atoms with Crippen molar-refractivity contribution in [1.82, 2.24) is 0 Å². The number of para-hydroxylation sites is 1. The summed E-state index contributed by atoms with van der Waals surface area (Å²) in [6, 6.07) is 14.9. The Balaban J connectivity index is 2.58. The van der Waals surface area contributed by atoms with Crippen molar-refractivity contribution >= 4 is 5.69 Å². The molecule has 0 amide bonds. The zero-order valence-electron chi connectivity index (χ0n) is 8.50. The van der Waals surface area contributed by atoms with Crippen LogP contribution in [-0.4, -0.2) is 7.05 Å². The van der Waals surface area contributed by atoms with Crippen LogP contribution in [0.5, 0.6) is 0 Å². The molecule has 0 spiro atoms. The second kappa shape index (κ2) is 4.13. The minimum absolute atomic E-state index is 0.223. The molecule has 0 saturated carbocycles. The van der Waals surface area contributed by atoms with E-state index in [1.165, 1.54) is 6.07 Å². The highest BCUT2D eigenvalue weighted by Crippen LogP contribution is 2.29. The summed E-state index contributed by atoms with van der Waals surface area (Å²) in [5.74, 6) is -0.223. The van der Waals surface area contributed by atoms with Gasteiger partial charge < -0.3 is 5.32 Å². The average Bonchev–Trinajstić information content (AvgIpc) is 2.30. The van der Waals surface area contributed by atoms with Gasteiger partial charge in [0, 0.05) is 12.6 Å². The monoisotopic (exact) mass is 201 g/mol. The van der Waals surface area contributed by atoms with Gasteiger partial charge in [0.15, 0.2) is 0 Å². The van der Waals surface area contributed by atoms with Crippen LogP contribution in [0.25, 0.3) is 11.1 Å². The van der Waals surface area contributed by atoms with E-state index in [1.807, 2.05) is 36.4 Å². The third kappa shape index (κ3) is 1.84. The zero-order valence-corrected chi connectivity index (χ0v) is 8.50. The van der Waals surface area contributed by atoms with Gasteiger partial charge >= 0.3 is 0 Å². The lowest BCUT2D eigenvalue weighted by Gasteiger charge is -2.09. The third-order valence-corrected chi connectivity index (χ3v) is 2.35. The predicted molar refractivity (Wildman–Crippen MR) is 61.4 cm³/mol. The normalized spacial score (nSPS) is 10.0. The second-order valence-electron chi connectivity index (χ2n) is 3.28.